The van der Waals surface area contributed by atoms with E-state index in [-0.39, 0.29) is 5.69 Å². The normalized spacial score (nSPS) is 10.7. The van der Waals surface area contributed by atoms with Gasteiger partial charge in [0.2, 0.25) is 0 Å². The van der Waals surface area contributed by atoms with E-state index in [1.165, 1.54) is 0 Å². The van der Waals surface area contributed by atoms with Crippen LogP contribution >= 0.6 is 0 Å². The third kappa shape index (κ3) is 1.25. The number of pyridine rings is 1. The molecule has 0 unspecified atom stereocenters. The number of carbonyl (C=O) groups is 1. The first-order chi connectivity index (χ1) is 6.58. The molecule has 0 aliphatic carbocycles. The lowest BCUT2D eigenvalue weighted by atomic mass is 10.2. The Morgan fingerprint density at radius 3 is 2.79 bits per heavy atom. The first kappa shape index (κ1) is 8.74. The van der Waals surface area contributed by atoms with E-state index in [2.05, 4.69) is 9.97 Å². The Balaban J connectivity index is 2.72. The lowest BCUT2D eigenvalue weighted by Crippen LogP contribution is -1.95. The minimum atomic E-state index is -0.960. The molecule has 4 heteroatoms. The van der Waals surface area contributed by atoms with Crippen LogP contribution in [0, 0.1) is 13.8 Å². The molecule has 0 aliphatic heterocycles. The molecule has 0 aliphatic rings. The first-order valence-electron chi connectivity index (χ1n) is 4.28. The number of fused-ring (bicyclic) bond motifs is 1. The van der Waals surface area contributed by atoms with Gasteiger partial charge in [0.25, 0.3) is 0 Å². The van der Waals surface area contributed by atoms with Crippen LogP contribution in [0.5, 0.6) is 0 Å². The van der Waals surface area contributed by atoms with Crippen LogP contribution in [0.3, 0.4) is 0 Å². The van der Waals surface area contributed by atoms with Crippen molar-refractivity contribution in [2.24, 2.45) is 0 Å². The molecule has 2 rings (SSSR count). The average Bonchev–Trinajstić information content (AvgIpc) is 2.48. The molecule has 4 nitrogen and oxygen atoms in total. The summed E-state index contributed by atoms with van der Waals surface area (Å²) in [6.45, 7) is 3.85. The first-order valence-corrected chi connectivity index (χ1v) is 4.28. The van der Waals surface area contributed by atoms with Gasteiger partial charge in [-0.1, -0.05) is 0 Å². The molecule has 0 amide bonds. The van der Waals surface area contributed by atoms with Crippen molar-refractivity contribution < 1.29 is 9.90 Å². The molecule has 0 radical (unpaired) electrons. The molecule has 72 valence electrons. The number of nitrogens with zero attached hydrogens (tertiary/aromatic N) is 1. The Morgan fingerprint density at radius 1 is 1.43 bits per heavy atom. The zero-order valence-electron chi connectivity index (χ0n) is 7.96. The van der Waals surface area contributed by atoms with Gasteiger partial charge >= 0.3 is 5.97 Å². The molecule has 0 saturated carbocycles. The Labute approximate surface area is 80.6 Å². The summed E-state index contributed by atoms with van der Waals surface area (Å²) in [7, 11) is 0. The largest absolute Gasteiger partial charge is 0.477 e. The van der Waals surface area contributed by atoms with Crippen LogP contribution in [0.4, 0.5) is 0 Å². The highest BCUT2D eigenvalue weighted by Crippen LogP contribution is 2.16. The fraction of sp³-hybridized carbons (Fsp3) is 0.200. The van der Waals surface area contributed by atoms with Crippen molar-refractivity contribution in [2.45, 2.75) is 13.8 Å². The molecule has 0 aromatic carbocycles. The van der Waals surface area contributed by atoms with Crippen molar-refractivity contribution in [1.29, 1.82) is 0 Å². The van der Waals surface area contributed by atoms with Gasteiger partial charge in [0, 0.05) is 11.1 Å². The molecule has 14 heavy (non-hydrogen) atoms. The minimum Gasteiger partial charge on any atom is -0.477 e. The number of aryl methyl sites for hydroxylation is 2. The van der Waals surface area contributed by atoms with Gasteiger partial charge in [-0.25, -0.2) is 9.78 Å². The number of nitrogens with one attached hydrogen (secondary N) is 1. The molecule has 0 fully saturated rings. The quantitative estimate of drug-likeness (QED) is 0.721. The summed E-state index contributed by atoms with van der Waals surface area (Å²) in [6, 6.07) is 3.53. The third-order valence-electron chi connectivity index (χ3n) is 2.28. The van der Waals surface area contributed by atoms with E-state index in [1.807, 2.05) is 19.9 Å². The average molecular weight is 190 g/mol. The zero-order chi connectivity index (χ0) is 10.3. The Kier molecular flexibility index (Phi) is 1.77. The molecular weight excluding hydrogens is 180 g/mol. The van der Waals surface area contributed by atoms with Gasteiger partial charge in [-0.05, 0) is 31.5 Å². The highest BCUT2D eigenvalue weighted by atomic mass is 16.4. The predicted octanol–water partition coefficient (Wildman–Crippen LogP) is 1.88. The number of carboxylic acid groups (broad SMARTS) is 1. The molecule has 2 heterocycles. The van der Waals surface area contributed by atoms with Gasteiger partial charge < -0.3 is 10.1 Å². The molecule has 0 saturated heterocycles. The Hall–Kier alpha value is -1.84. The smallest absolute Gasteiger partial charge is 0.352 e. The molecule has 2 aromatic heterocycles. The minimum absolute atomic E-state index is 0.178. The van der Waals surface area contributed by atoms with Crippen LogP contribution in [-0.4, -0.2) is 21.0 Å². The van der Waals surface area contributed by atoms with E-state index < -0.39 is 5.97 Å². The molecule has 0 atom stereocenters. The number of aromatic nitrogens is 2. The van der Waals surface area contributed by atoms with Crippen LogP contribution in [0.15, 0.2) is 12.1 Å². The van der Waals surface area contributed by atoms with E-state index in [9.17, 15) is 4.79 Å². The molecule has 0 spiro atoms. The number of aromatic amines is 1. The van der Waals surface area contributed by atoms with Gasteiger partial charge in [0.05, 0.1) is 0 Å². The number of rotatable bonds is 1. The Morgan fingerprint density at radius 2 is 2.14 bits per heavy atom. The topological polar surface area (TPSA) is 66.0 Å². The summed E-state index contributed by atoms with van der Waals surface area (Å²) < 4.78 is 0. The standard InChI is InChI=1S/C10H10N2O2/c1-5-3-7-4-8(10(13)14)12-9(7)11-6(5)2/h3-4H,1-2H3,(H,11,12)(H,13,14). The van der Waals surface area contributed by atoms with Crippen molar-refractivity contribution in [1.82, 2.24) is 9.97 Å². The second kappa shape index (κ2) is 2.83. The highest BCUT2D eigenvalue weighted by Gasteiger charge is 2.08. The third-order valence-corrected chi connectivity index (χ3v) is 2.28. The van der Waals surface area contributed by atoms with Gasteiger partial charge in [-0.2, -0.15) is 0 Å². The lowest BCUT2D eigenvalue weighted by Gasteiger charge is -1.97. The van der Waals surface area contributed by atoms with Gasteiger partial charge in [0.15, 0.2) is 0 Å². The molecule has 2 aromatic rings. The van der Waals surface area contributed by atoms with E-state index >= 15 is 0 Å². The van der Waals surface area contributed by atoms with E-state index in [1.54, 1.807) is 6.07 Å². The van der Waals surface area contributed by atoms with E-state index in [0.29, 0.717) is 5.65 Å². The van der Waals surface area contributed by atoms with Crippen LogP contribution in [-0.2, 0) is 0 Å². The van der Waals surface area contributed by atoms with Crippen LogP contribution in [0.25, 0.3) is 11.0 Å². The van der Waals surface area contributed by atoms with Crippen molar-refractivity contribution in [2.75, 3.05) is 0 Å². The second-order valence-corrected chi connectivity index (χ2v) is 3.32. The molecule has 0 bridgehead atoms. The fourth-order valence-corrected chi connectivity index (χ4v) is 1.37. The summed E-state index contributed by atoms with van der Waals surface area (Å²) in [6.07, 6.45) is 0. The van der Waals surface area contributed by atoms with Crippen LogP contribution < -0.4 is 0 Å². The SMILES string of the molecule is Cc1cc2cc(C(=O)O)[nH]c2nc1C. The second-order valence-electron chi connectivity index (χ2n) is 3.32. The number of H-pyrrole nitrogens is 1. The summed E-state index contributed by atoms with van der Waals surface area (Å²) in [5.74, 6) is -0.960. The number of hydrogen-bond donors (Lipinski definition) is 2. The van der Waals surface area contributed by atoms with Gasteiger partial charge in [0.1, 0.15) is 11.3 Å². The maximum Gasteiger partial charge on any atom is 0.352 e. The molecular formula is C10H10N2O2. The maximum atomic E-state index is 10.7. The monoisotopic (exact) mass is 190 g/mol. The lowest BCUT2D eigenvalue weighted by molar-refractivity contribution is 0.0691. The zero-order valence-corrected chi connectivity index (χ0v) is 7.96. The van der Waals surface area contributed by atoms with E-state index in [0.717, 1.165) is 16.6 Å². The summed E-state index contributed by atoms with van der Waals surface area (Å²) >= 11 is 0. The highest BCUT2D eigenvalue weighted by molar-refractivity contribution is 5.92. The van der Waals surface area contributed by atoms with Crippen molar-refractivity contribution >= 4 is 17.0 Å². The number of hydrogen-bond acceptors (Lipinski definition) is 2. The summed E-state index contributed by atoms with van der Waals surface area (Å²) in [5, 5.41) is 9.60. The predicted molar refractivity (Wildman–Crippen MR) is 52.5 cm³/mol. The summed E-state index contributed by atoms with van der Waals surface area (Å²) in [4.78, 5) is 17.7. The van der Waals surface area contributed by atoms with Crippen molar-refractivity contribution in [3.63, 3.8) is 0 Å². The fourth-order valence-electron chi connectivity index (χ4n) is 1.37. The number of carboxylic acids is 1. The summed E-state index contributed by atoms with van der Waals surface area (Å²) in [5.41, 5.74) is 2.78. The van der Waals surface area contributed by atoms with Crippen molar-refractivity contribution in [3.05, 3.63) is 29.1 Å². The van der Waals surface area contributed by atoms with Gasteiger partial charge in [-0.3, -0.25) is 0 Å². The van der Waals surface area contributed by atoms with E-state index in [4.69, 9.17) is 5.11 Å². The van der Waals surface area contributed by atoms with Crippen molar-refractivity contribution in [3.8, 4) is 0 Å². The van der Waals surface area contributed by atoms with Crippen LogP contribution in [0.2, 0.25) is 0 Å². The van der Waals surface area contributed by atoms with Crippen LogP contribution in [0.1, 0.15) is 21.7 Å². The molecule has 2 N–H and O–H groups in total. The Bertz CT molecular complexity index is 475. The number of aromatic carboxylic acids is 1. The van der Waals surface area contributed by atoms with Gasteiger partial charge in [-0.15, -0.1) is 0 Å². The maximum absolute atomic E-state index is 10.7.